The Bertz CT molecular complexity index is 2290. The maximum Gasteiger partial charge on any atom is 0.307 e. The van der Waals surface area contributed by atoms with Gasteiger partial charge in [0.15, 0.2) is 18.0 Å². The Morgan fingerprint density at radius 1 is 0.508 bits per heavy atom. The van der Waals surface area contributed by atoms with Crippen LogP contribution in [0.1, 0.15) is 35.1 Å². The normalized spacial score (nSPS) is 21.9. The third-order valence-electron chi connectivity index (χ3n) is 10.7. The van der Waals surface area contributed by atoms with Gasteiger partial charge in [-0.2, -0.15) is 0 Å². The average Bonchev–Trinajstić information content (AvgIpc) is 3.27. The van der Waals surface area contributed by atoms with Gasteiger partial charge >= 0.3 is 5.97 Å². The maximum atomic E-state index is 14.5. The fourth-order valence-electron chi connectivity index (χ4n) is 7.18. The van der Waals surface area contributed by atoms with Crippen LogP contribution in [-0.2, 0) is 54.5 Å². The molecule has 0 fully saturated rings. The third-order valence-corrected chi connectivity index (χ3v) is 10.7. The molecule has 13 heteroatoms. The number of ketones is 1. The summed E-state index contributed by atoms with van der Waals surface area (Å²) < 4.78 is 0. The predicted octanol–water partition coefficient (Wildman–Crippen LogP) is 3.80. The average molecular weight is 825 g/mol. The Labute approximate surface area is 353 Å². The molecule has 7 N–H and O–H groups in total. The number of aryl methyl sites for hydroxylation is 1. The number of carbonyl (C=O) groups is 6. The molecule has 0 unspecified atom stereocenters. The largest absolute Gasteiger partial charge is 0.481 e. The van der Waals surface area contributed by atoms with Gasteiger partial charge in [0.05, 0.1) is 12.0 Å². The molecule has 7 rings (SSSR count). The van der Waals surface area contributed by atoms with E-state index in [9.17, 15) is 44.1 Å². The highest BCUT2D eigenvalue weighted by Crippen LogP contribution is 2.22. The van der Waals surface area contributed by atoms with E-state index in [2.05, 4.69) is 21.3 Å². The summed E-state index contributed by atoms with van der Waals surface area (Å²) in [5.41, 5.74) is 4.76. The molecule has 0 spiro atoms. The van der Waals surface area contributed by atoms with Crippen molar-refractivity contribution >= 4 is 41.1 Å². The van der Waals surface area contributed by atoms with Crippen LogP contribution < -0.4 is 21.3 Å². The number of amides is 4. The molecule has 314 valence electrons. The van der Waals surface area contributed by atoms with E-state index in [0.29, 0.717) is 23.1 Å². The molecular weight excluding hydrogens is 777 g/mol. The zero-order valence-electron chi connectivity index (χ0n) is 33.3. The standard InChI is InChI=1S/C48H48N4O9/c53-41-29-36(48(60)61)26-32-18-23-37(24-19-32)49-46(58)42(54)43(55)47(59)52-40(27-31-12-6-2-7-13-31)45(57)51-39(44(56)50-38(41)25-20-30-10-4-1-5-11-30)28-33-16-21-35(22-17-33)34-14-8-3-9-15-34/h1-19,21-24,36,38-40,42-43,54-55H,20,25-29H2,(H,49,58)(H,50,56)(H,51,57)(H,52,59)(H,60,61)/t36-,38-,39+,40-,42-,43-/m1/s1. The summed E-state index contributed by atoms with van der Waals surface area (Å²) in [6.07, 6.45) is -4.66. The summed E-state index contributed by atoms with van der Waals surface area (Å²) in [5, 5.41) is 42.3. The van der Waals surface area contributed by atoms with Gasteiger partial charge in [-0.25, -0.2) is 0 Å². The Kier molecular flexibility index (Phi) is 14.9. The van der Waals surface area contributed by atoms with E-state index in [4.69, 9.17) is 0 Å². The molecule has 5 aromatic carbocycles. The molecular formula is C48H48N4O9. The van der Waals surface area contributed by atoms with Crippen LogP contribution in [0.4, 0.5) is 5.69 Å². The fraction of sp³-hybridized carbons (Fsp3) is 0.250. The van der Waals surface area contributed by atoms with Crippen LogP contribution in [0.2, 0.25) is 0 Å². The monoisotopic (exact) mass is 824 g/mol. The topological polar surface area (TPSA) is 211 Å². The lowest BCUT2D eigenvalue weighted by Crippen LogP contribution is -2.58. The molecule has 0 aliphatic carbocycles. The Balaban J connectivity index is 1.37. The van der Waals surface area contributed by atoms with Crippen molar-refractivity contribution < 1.29 is 44.1 Å². The molecule has 4 amide bonds. The summed E-state index contributed by atoms with van der Waals surface area (Å²) in [5.74, 6) is -6.80. The van der Waals surface area contributed by atoms with Crippen molar-refractivity contribution in [2.45, 2.75) is 68.9 Å². The number of Topliss-reactive ketones (excluding diaryl/α,β-unsaturated/α-hetero) is 1. The van der Waals surface area contributed by atoms with Gasteiger partial charge in [-0.1, -0.05) is 127 Å². The van der Waals surface area contributed by atoms with Crippen molar-refractivity contribution in [2.75, 3.05) is 5.32 Å². The van der Waals surface area contributed by atoms with E-state index >= 15 is 0 Å². The number of benzene rings is 5. The number of rotatable bonds is 9. The quantitative estimate of drug-likeness (QED) is 0.108. The minimum absolute atomic E-state index is 0.0483. The van der Waals surface area contributed by atoms with Gasteiger partial charge in [0, 0.05) is 24.9 Å². The number of hydrogen-bond acceptors (Lipinski definition) is 8. The molecule has 2 bridgehead atoms. The van der Waals surface area contributed by atoms with E-state index in [0.717, 1.165) is 16.7 Å². The smallest absolute Gasteiger partial charge is 0.307 e. The van der Waals surface area contributed by atoms with Gasteiger partial charge in [0.1, 0.15) is 12.1 Å². The van der Waals surface area contributed by atoms with E-state index in [-0.39, 0.29) is 31.4 Å². The van der Waals surface area contributed by atoms with Gasteiger partial charge in [-0.3, -0.25) is 28.8 Å². The van der Waals surface area contributed by atoms with Crippen molar-refractivity contribution in [3.63, 3.8) is 0 Å². The molecule has 2 aliphatic rings. The number of carboxylic acid groups (broad SMARTS) is 1. The van der Waals surface area contributed by atoms with Gasteiger partial charge in [0.2, 0.25) is 11.8 Å². The number of nitrogens with one attached hydrogen (secondary N) is 4. The van der Waals surface area contributed by atoms with Crippen LogP contribution in [-0.4, -0.2) is 81.0 Å². The first-order chi connectivity index (χ1) is 29.4. The maximum absolute atomic E-state index is 14.5. The fourth-order valence-corrected chi connectivity index (χ4v) is 7.18. The second kappa shape index (κ2) is 20.8. The second-order valence-electron chi connectivity index (χ2n) is 15.2. The van der Waals surface area contributed by atoms with E-state index in [1.54, 1.807) is 42.5 Å². The number of aliphatic carboxylic acids is 1. The van der Waals surface area contributed by atoms with Crippen molar-refractivity contribution in [1.29, 1.82) is 0 Å². The SMILES string of the molecule is O=C(O)[C@H]1CC(=O)[C@@H](CCc2ccccc2)NC(=O)[C@H](Cc2ccc(-c3ccccc3)cc2)NC(=O)[C@@H](Cc2ccccc2)NC(=O)[C@H](O)[C@@H](O)C(=O)Nc2ccc(cc2)C1. The van der Waals surface area contributed by atoms with Gasteiger partial charge in [-0.05, 0) is 64.8 Å². The molecule has 2 heterocycles. The first kappa shape index (κ1) is 43.6. The van der Waals surface area contributed by atoms with Gasteiger partial charge in [0.25, 0.3) is 11.8 Å². The van der Waals surface area contributed by atoms with E-state index in [1.165, 1.54) is 12.1 Å². The van der Waals surface area contributed by atoms with Crippen molar-refractivity contribution in [3.05, 3.63) is 162 Å². The zero-order chi connectivity index (χ0) is 43.3. The minimum Gasteiger partial charge on any atom is -0.481 e. The number of carboxylic acids is 1. The molecule has 0 saturated carbocycles. The van der Waals surface area contributed by atoms with Crippen LogP contribution in [0.3, 0.4) is 0 Å². The first-order valence-corrected chi connectivity index (χ1v) is 20.1. The van der Waals surface area contributed by atoms with Crippen LogP contribution in [0.25, 0.3) is 11.1 Å². The molecule has 2 aliphatic heterocycles. The van der Waals surface area contributed by atoms with Crippen LogP contribution in [0.5, 0.6) is 0 Å². The lowest BCUT2D eigenvalue weighted by atomic mass is 9.90. The molecule has 61 heavy (non-hydrogen) atoms. The van der Waals surface area contributed by atoms with Crippen LogP contribution in [0, 0.1) is 5.92 Å². The lowest BCUT2D eigenvalue weighted by molar-refractivity contribution is -0.145. The minimum atomic E-state index is -2.30. The second-order valence-corrected chi connectivity index (χ2v) is 15.2. The highest BCUT2D eigenvalue weighted by atomic mass is 16.4. The highest BCUT2D eigenvalue weighted by Gasteiger charge is 2.35. The van der Waals surface area contributed by atoms with Crippen LogP contribution in [0.15, 0.2) is 140 Å². The van der Waals surface area contributed by atoms with E-state index < -0.39 is 78.1 Å². The molecule has 0 saturated heterocycles. The Morgan fingerprint density at radius 2 is 0.984 bits per heavy atom. The van der Waals surface area contributed by atoms with Gasteiger partial charge < -0.3 is 36.6 Å². The Morgan fingerprint density at radius 3 is 1.56 bits per heavy atom. The summed E-state index contributed by atoms with van der Waals surface area (Å²) in [4.78, 5) is 81.9. The molecule has 0 aromatic heterocycles. The summed E-state index contributed by atoms with van der Waals surface area (Å²) in [6.45, 7) is 0. The number of aliphatic hydroxyl groups excluding tert-OH is 2. The summed E-state index contributed by atoms with van der Waals surface area (Å²) in [6, 6.07) is 37.1. The summed E-state index contributed by atoms with van der Waals surface area (Å²) >= 11 is 0. The van der Waals surface area contributed by atoms with E-state index in [1.807, 2.05) is 84.9 Å². The zero-order valence-corrected chi connectivity index (χ0v) is 33.3. The number of carbonyl (C=O) groups excluding carboxylic acids is 5. The number of anilines is 1. The van der Waals surface area contributed by atoms with Crippen molar-refractivity contribution in [1.82, 2.24) is 16.0 Å². The highest BCUT2D eigenvalue weighted by molar-refractivity contribution is 6.00. The first-order valence-electron chi connectivity index (χ1n) is 20.1. The third kappa shape index (κ3) is 12.3. The Hall–Kier alpha value is -6.96. The number of fused-ring (bicyclic) bond motifs is 18. The predicted molar refractivity (Wildman–Crippen MR) is 228 cm³/mol. The lowest BCUT2D eigenvalue weighted by Gasteiger charge is -2.27. The number of aliphatic hydroxyl groups is 2. The molecule has 13 nitrogen and oxygen atoms in total. The number of hydrogen-bond donors (Lipinski definition) is 7. The van der Waals surface area contributed by atoms with Crippen molar-refractivity contribution in [2.24, 2.45) is 5.92 Å². The molecule has 5 aromatic rings. The van der Waals surface area contributed by atoms with Crippen LogP contribution >= 0.6 is 0 Å². The molecule has 0 radical (unpaired) electrons. The summed E-state index contributed by atoms with van der Waals surface area (Å²) in [7, 11) is 0. The molecule has 6 atom stereocenters. The van der Waals surface area contributed by atoms with Crippen molar-refractivity contribution in [3.8, 4) is 11.1 Å². The van der Waals surface area contributed by atoms with Gasteiger partial charge in [-0.15, -0.1) is 0 Å².